The first-order chi connectivity index (χ1) is 9.56. The van der Waals surface area contributed by atoms with Crippen molar-refractivity contribution >= 4 is 5.91 Å². The highest BCUT2D eigenvalue weighted by molar-refractivity contribution is 5.93. The summed E-state index contributed by atoms with van der Waals surface area (Å²) in [7, 11) is 0. The van der Waals surface area contributed by atoms with Gasteiger partial charge in [-0.05, 0) is 45.5 Å². The Kier molecular flexibility index (Phi) is 7.01. The third-order valence-corrected chi connectivity index (χ3v) is 3.43. The molecule has 0 saturated carbocycles. The van der Waals surface area contributed by atoms with E-state index >= 15 is 0 Å². The van der Waals surface area contributed by atoms with E-state index in [9.17, 15) is 9.59 Å². The lowest BCUT2D eigenvalue weighted by Crippen LogP contribution is -2.34. The van der Waals surface area contributed by atoms with Gasteiger partial charge in [-0.15, -0.1) is 0 Å². The predicted molar refractivity (Wildman–Crippen MR) is 81.0 cm³/mol. The molecule has 2 N–H and O–H groups in total. The summed E-state index contributed by atoms with van der Waals surface area (Å²) in [5.74, 6) is -0.142. The van der Waals surface area contributed by atoms with E-state index in [0.29, 0.717) is 5.56 Å². The number of amides is 1. The predicted octanol–water partition coefficient (Wildman–Crippen LogP) is 1.62. The molecule has 0 aliphatic carbocycles. The van der Waals surface area contributed by atoms with Crippen molar-refractivity contribution in [2.75, 3.05) is 19.6 Å². The third-order valence-electron chi connectivity index (χ3n) is 3.43. The number of nitrogens with one attached hydrogen (secondary N) is 2. The van der Waals surface area contributed by atoms with Crippen LogP contribution < -0.4 is 10.9 Å². The monoisotopic (exact) mass is 279 g/mol. The first-order valence-corrected chi connectivity index (χ1v) is 7.28. The van der Waals surface area contributed by atoms with Gasteiger partial charge in [-0.25, -0.2) is 0 Å². The van der Waals surface area contributed by atoms with Crippen LogP contribution in [0.3, 0.4) is 0 Å². The van der Waals surface area contributed by atoms with E-state index in [1.807, 2.05) is 6.92 Å². The van der Waals surface area contributed by atoms with Gasteiger partial charge >= 0.3 is 0 Å². The van der Waals surface area contributed by atoms with Crippen LogP contribution in [0.15, 0.2) is 23.1 Å². The summed E-state index contributed by atoms with van der Waals surface area (Å²) < 4.78 is 0. The molecule has 1 amide bonds. The van der Waals surface area contributed by atoms with Crippen LogP contribution in [0.4, 0.5) is 0 Å². The largest absolute Gasteiger partial charge is 0.350 e. The Bertz CT molecular complexity index is 446. The summed E-state index contributed by atoms with van der Waals surface area (Å²) >= 11 is 0. The van der Waals surface area contributed by atoms with Gasteiger partial charge in [-0.1, -0.05) is 13.8 Å². The number of hydrogen-bond donors (Lipinski definition) is 2. The number of aromatic nitrogens is 1. The summed E-state index contributed by atoms with van der Waals surface area (Å²) in [5, 5.41) is 2.95. The molecule has 0 aliphatic heterocycles. The number of hydrogen-bond acceptors (Lipinski definition) is 3. The van der Waals surface area contributed by atoms with Gasteiger partial charge < -0.3 is 15.2 Å². The quantitative estimate of drug-likeness (QED) is 0.760. The van der Waals surface area contributed by atoms with E-state index in [2.05, 4.69) is 29.0 Å². The summed E-state index contributed by atoms with van der Waals surface area (Å²) in [6.45, 7) is 9.51. The van der Waals surface area contributed by atoms with Crippen LogP contribution >= 0.6 is 0 Å². The molecule has 1 aromatic heterocycles. The molecule has 1 heterocycles. The molecule has 1 atom stereocenters. The lowest BCUT2D eigenvalue weighted by molar-refractivity contribution is 0.0937. The fraction of sp³-hybridized carbons (Fsp3) is 0.600. The summed E-state index contributed by atoms with van der Waals surface area (Å²) in [6.07, 6.45) is 3.46. The maximum Gasteiger partial charge on any atom is 0.252 e. The van der Waals surface area contributed by atoms with Crippen LogP contribution in [0, 0.1) is 0 Å². The van der Waals surface area contributed by atoms with Gasteiger partial charge in [0.15, 0.2) is 0 Å². The van der Waals surface area contributed by atoms with Crippen molar-refractivity contribution < 1.29 is 4.79 Å². The molecule has 0 spiro atoms. The van der Waals surface area contributed by atoms with E-state index in [-0.39, 0.29) is 17.5 Å². The first-order valence-electron chi connectivity index (χ1n) is 7.28. The van der Waals surface area contributed by atoms with E-state index in [1.165, 1.54) is 18.3 Å². The Morgan fingerprint density at radius 2 is 2.05 bits per heavy atom. The van der Waals surface area contributed by atoms with E-state index in [0.717, 1.165) is 32.5 Å². The van der Waals surface area contributed by atoms with E-state index in [1.54, 1.807) is 0 Å². The highest BCUT2D eigenvalue weighted by Crippen LogP contribution is 2.01. The second kappa shape index (κ2) is 8.53. The van der Waals surface area contributed by atoms with Crippen LogP contribution in [0.25, 0.3) is 0 Å². The highest BCUT2D eigenvalue weighted by Gasteiger charge is 2.10. The second-order valence-electron chi connectivity index (χ2n) is 4.99. The summed E-state index contributed by atoms with van der Waals surface area (Å²) in [6, 6.07) is 3.03. The zero-order chi connectivity index (χ0) is 15.0. The zero-order valence-electron chi connectivity index (χ0n) is 12.6. The fourth-order valence-electron chi connectivity index (χ4n) is 2.09. The Hall–Kier alpha value is -1.62. The van der Waals surface area contributed by atoms with Crippen molar-refractivity contribution in [3.8, 4) is 0 Å². The summed E-state index contributed by atoms with van der Waals surface area (Å²) in [5.41, 5.74) is 0.286. The molecule has 112 valence electrons. The average Bonchev–Trinajstić information content (AvgIpc) is 2.44. The van der Waals surface area contributed by atoms with Gasteiger partial charge in [-0.3, -0.25) is 9.59 Å². The number of carbonyl (C=O) groups excluding carboxylic acids is 1. The minimum Gasteiger partial charge on any atom is -0.350 e. The molecule has 5 heteroatoms. The Morgan fingerprint density at radius 1 is 1.35 bits per heavy atom. The maximum atomic E-state index is 11.9. The Balaban J connectivity index is 2.34. The molecule has 1 aromatic rings. The summed E-state index contributed by atoms with van der Waals surface area (Å²) in [4.78, 5) is 27.7. The van der Waals surface area contributed by atoms with Crippen molar-refractivity contribution in [3.05, 3.63) is 34.2 Å². The lowest BCUT2D eigenvalue weighted by Gasteiger charge is -2.19. The molecular weight excluding hydrogens is 254 g/mol. The molecule has 0 saturated heterocycles. The molecule has 0 fully saturated rings. The van der Waals surface area contributed by atoms with Crippen LogP contribution in [0.5, 0.6) is 0 Å². The zero-order valence-corrected chi connectivity index (χ0v) is 12.6. The number of pyridine rings is 1. The van der Waals surface area contributed by atoms with Gasteiger partial charge in [0.05, 0.1) is 5.56 Å². The topological polar surface area (TPSA) is 65.2 Å². The number of aromatic amines is 1. The SMILES string of the molecule is CCN(CC)CCCC(C)NC(=O)c1ccc(=O)[nH]c1. The van der Waals surface area contributed by atoms with Crippen molar-refractivity contribution in [2.45, 2.75) is 39.7 Å². The Morgan fingerprint density at radius 3 is 2.60 bits per heavy atom. The average molecular weight is 279 g/mol. The molecule has 0 aromatic carbocycles. The molecular formula is C15H25N3O2. The minimum atomic E-state index is -0.200. The maximum absolute atomic E-state index is 11.9. The van der Waals surface area contributed by atoms with Gasteiger partial charge in [0.2, 0.25) is 5.56 Å². The first kappa shape index (κ1) is 16.4. The number of H-pyrrole nitrogens is 1. The molecule has 1 rings (SSSR count). The second-order valence-corrected chi connectivity index (χ2v) is 4.99. The molecule has 5 nitrogen and oxygen atoms in total. The fourth-order valence-corrected chi connectivity index (χ4v) is 2.09. The van der Waals surface area contributed by atoms with Crippen molar-refractivity contribution in [2.24, 2.45) is 0 Å². The molecule has 0 bridgehead atoms. The lowest BCUT2D eigenvalue weighted by atomic mass is 10.1. The van der Waals surface area contributed by atoms with Crippen LogP contribution in [-0.2, 0) is 0 Å². The van der Waals surface area contributed by atoms with Crippen molar-refractivity contribution in [1.29, 1.82) is 0 Å². The van der Waals surface area contributed by atoms with Gasteiger partial charge in [0.1, 0.15) is 0 Å². The van der Waals surface area contributed by atoms with E-state index in [4.69, 9.17) is 0 Å². The van der Waals surface area contributed by atoms with Crippen LogP contribution in [-0.4, -0.2) is 41.5 Å². The number of rotatable bonds is 8. The van der Waals surface area contributed by atoms with Crippen molar-refractivity contribution in [1.82, 2.24) is 15.2 Å². The standard InChI is InChI=1S/C15H25N3O2/c1-4-18(5-2)10-6-7-12(3)17-15(20)13-8-9-14(19)16-11-13/h8-9,11-12H,4-7,10H2,1-3H3,(H,16,19)(H,17,20). The van der Waals surface area contributed by atoms with Crippen molar-refractivity contribution in [3.63, 3.8) is 0 Å². The molecule has 0 aliphatic rings. The highest BCUT2D eigenvalue weighted by atomic mass is 16.2. The van der Waals surface area contributed by atoms with Gasteiger partial charge in [0.25, 0.3) is 5.91 Å². The molecule has 20 heavy (non-hydrogen) atoms. The van der Waals surface area contributed by atoms with Crippen LogP contribution in [0.2, 0.25) is 0 Å². The minimum absolute atomic E-state index is 0.130. The van der Waals surface area contributed by atoms with Gasteiger partial charge in [-0.2, -0.15) is 0 Å². The number of nitrogens with zero attached hydrogens (tertiary/aromatic N) is 1. The molecule has 1 unspecified atom stereocenters. The number of carbonyl (C=O) groups is 1. The van der Waals surface area contributed by atoms with Crippen LogP contribution in [0.1, 0.15) is 44.0 Å². The third kappa shape index (κ3) is 5.57. The smallest absolute Gasteiger partial charge is 0.252 e. The van der Waals surface area contributed by atoms with Gasteiger partial charge in [0, 0.05) is 18.3 Å². The normalized spacial score (nSPS) is 12.4. The molecule has 0 radical (unpaired) electrons. The van der Waals surface area contributed by atoms with E-state index < -0.39 is 0 Å². The Labute approximate surface area is 120 Å².